The standard InChI is InChI=1S/3C9H19N2.Cr/c3*1-8(2)6-5-7-9(3,4)11(8)10;/h3*10H,5-7H2,1-4H3;/q3*-1;+3. The minimum absolute atomic E-state index is 0. The molecule has 3 rings (SSSR count). The number of hydrogen-bond donors (Lipinski definition) is 0. The van der Waals surface area contributed by atoms with Crippen LogP contribution in [0.25, 0.3) is 17.5 Å². The van der Waals surface area contributed by atoms with E-state index in [4.69, 9.17) is 17.5 Å². The van der Waals surface area contributed by atoms with Gasteiger partial charge in [0, 0.05) is 0 Å². The third kappa shape index (κ3) is 8.70. The van der Waals surface area contributed by atoms with Crippen LogP contribution < -0.4 is 0 Å². The van der Waals surface area contributed by atoms with E-state index in [1.54, 1.807) is 15.0 Å². The molecule has 3 N–H and O–H groups in total. The second-order valence-corrected chi connectivity index (χ2v) is 14.4. The van der Waals surface area contributed by atoms with E-state index in [1.807, 2.05) is 0 Å². The van der Waals surface area contributed by atoms with E-state index in [9.17, 15) is 0 Å². The minimum Gasteiger partial charge on any atom is -0.609 e. The second kappa shape index (κ2) is 11.8. The Labute approximate surface area is 223 Å². The summed E-state index contributed by atoms with van der Waals surface area (Å²) in [6.45, 7) is 25.8. The van der Waals surface area contributed by atoms with Crippen molar-refractivity contribution < 1.29 is 17.4 Å². The summed E-state index contributed by atoms with van der Waals surface area (Å²) in [6.07, 6.45) is 10.7. The Morgan fingerprint density at radius 3 is 0.559 bits per heavy atom. The smallest absolute Gasteiger partial charge is 0.609 e. The minimum atomic E-state index is 0. The number of hydrogen-bond acceptors (Lipinski definition) is 3. The van der Waals surface area contributed by atoms with E-state index < -0.39 is 0 Å². The molecule has 0 aromatic rings. The molecule has 0 unspecified atom stereocenters. The molecule has 201 valence electrons. The van der Waals surface area contributed by atoms with Gasteiger partial charge in [-0.15, -0.1) is 0 Å². The molecule has 3 aliphatic heterocycles. The van der Waals surface area contributed by atoms with Crippen molar-refractivity contribution >= 4 is 0 Å². The van der Waals surface area contributed by atoms with Gasteiger partial charge in [0.2, 0.25) is 0 Å². The maximum atomic E-state index is 7.91. The summed E-state index contributed by atoms with van der Waals surface area (Å²) >= 11 is 0. The molecular formula is C27H57CrN6. The quantitative estimate of drug-likeness (QED) is 0.321. The molecule has 0 aliphatic carbocycles. The maximum Gasteiger partial charge on any atom is 3.00 e. The zero-order valence-electron chi connectivity index (χ0n) is 24.6. The van der Waals surface area contributed by atoms with Crippen LogP contribution in [-0.4, -0.2) is 48.3 Å². The summed E-state index contributed by atoms with van der Waals surface area (Å²) in [5.74, 6) is 23.7. The molecule has 3 saturated heterocycles. The van der Waals surface area contributed by atoms with E-state index in [0.717, 1.165) is 38.5 Å². The summed E-state index contributed by atoms with van der Waals surface area (Å²) in [5.41, 5.74) is 0.427. The zero-order valence-corrected chi connectivity index (χ0v) is 25.9. The second-order valence-electron chi connectivity index (χ2n) is 14.4. The van der Waals surface area contributed by atoms with Crippen molar-refractivity contribution in [3.8, 4) is 0 Å². The monoisotopic (exact) mass is 517 g/mol. The fraction of sp³-hybridized carbons (Fsp3) is 1.00. The summed E-state index contributed by atoms with van der Waals surface area (Å²) in [5, 5.41) is 5.30. The van der Waals surface area contributed by atoms with Gasteiger partial charge in [-0.1, -0.05) is 0 Å². The number of rotatable bonds is 0. The van der Waals surface area contributed by atoms with Crippen LogP contribution in [0, 0.1) is 0 Å². The predicted molar refractivity (Wildman–Crippen MR) is 145 cm³/mol. The van der Waals surface area contributed by atoms with E-state index in [2.05, 4.69) is 83.1 Å². The molecule has 34 heavy (non-hydrogen) atoms. The Morgan fingerprint density at radius 2 is 0.471 bits per heavy atom. The van der Waals surface area contributed by atoms with Crippen molar-refractivity contribution in [3.05, 3.63) is 17.5 Å². The van der Waals surface area contributed by atoms with Crippen LogP contribution in [0.1, 0.15) is 141 Å². The molecule has 6 nitrogen and oxygen atoms in total. The molecule has 0 bridgehead atoms. The van der Waals surface area contributed by atoms with Gasteiger partial charge in [-0.2, -0.15) is 0 Å². The molecule has 0 saturated carbocycles. The molecule has 1 radical (unpaired) electrons. The van der Waals surface area contributed by atoms with E-state index in [0.29, 0.717) is 0 Å². The van der Waals surface area contributed by atoms with E-state index >= 15 is 0 Å². The van der Waals surface area contributed by atoms with Crippen molar-refractivity contribution in [2.24, 2.45) is 0 Å². The third-order valence-electron chi connectivity index (χ3n) is 8.36. The zero-order chi connectivity index (χ0) is 26.1. The van der Waals surface area contributed by atoms with Gasteiger partial charge >= 0.3 is 17.4 Å². The van der Waals surface area contributed by atoms with Gasteiger partial charge in [-0.05, 0) is 174 Å². The summed E-state index contributed by atoms with van der Waals surface area (Å²) in [7, 11) is 0. The average Bonchev–Trinajstić information content (AvgIpc) is 2.63. The topological polar surface area (TPSA) is 81.1 Å². The van der Waals surface area contributed by atoms with Crippen LogP contribution in [0.15, 0.2) is 0 Å². The molecule has 0 aromatic heterocycles. The first-order chi connectivity index (χ1) is 14.6. The Morgan fingerprint density at radius 1 is 0.353 bits per heavy atom. The molecule has 3 fully saturated rings. The third-order valence-corrected chi connectivity index (χ3v) is 8.36. The fourth-order valence-corrected chi connectivity index (χ4v) is 5.99. The SMILES string of the molecule is CC1(C)CCCC(C)(C)N1[NH-].CC1(C)CCCC(C)(C)N1[NH-].CC1(C)CCCC(C)(C)N1[NH-].[Cr+3]. The number of nitrogens with one attached hydrogen (secondary N) is 3. The maximum absolute atomic E-state index is 7.91. The molecule has 0 aromatic carbocycles. The molecule has 7 heteroatoms. The van der Waals surface area contributed by atoms with Crippen LogP contribution in [0.5, 0.6) is 0 Å². The Balaban J connectivity index is 0.000000473. The van der Waals surface area contributed by atoms with Crippen molar-refractivity contribution in [1.82, 2.24) is 15.0 Å². The first kappa shape index (κ1) is 34.3. The molecule has 3 aliphatic rings. The fourth-order valence-electron chi connectivity index (χ4n) is 5.99. The number of piperidine rings is 3. The first-order valence-corrected chi connectivity index (χ1v) is 13.1. The Kier molecular flexibility index (Phi) is 11.9. The summed E-state index contributed by atoms with van der Waals surface area (Å²) in [6, 6.07) is 0. The van der Waals surface area contributed by atoms with Crippen LogP contribution >= 0.6 is 0 Å². The van der Waals surface area contributed by atoms with Crippen molar-refractivity contribution in [3.63, 3.8) is 0 Å². The Bertz CT molecular complexity index is 493. The van der Waals surface area contributed by atoms with Crippen LogP contribution in [0.2, 0.25) is 0 Å². The van der Waals surface area contributed by atoms with Crippen molar-refractivity contribution in [2.75, 3.05) is 0 Å². The molecular weight excluding hydrogens is 460 g/mol. The molecule has 3 heterocycles. The average molecular weight is 518 g/mol. The largest absolute Gasteiger partial charge is 3.00 e. The van der Waals surface area contributed by atoms with E-state index in [-0.39, 0.29) is 50.6 Å². The molecule has 0 spiro atoms. The van der Waals surface area contributed by atoms with Crippen molar-refractivity contribution in [1.29, 1.82) is 0 Å². The molecule has 0 atom stereocenters. The van der Waals surface area contributed by atoms with Gasteiger partial charge in [0.05, 0.1) is 0 Å². The Hall–Kier alpha value is 0.292. The first-order valence-electron chi connectivity index (χ1n) is 13.1. The van der Waals surface area contributed by atoms with Crippen LogP contribution in [0.4, 0.5) is 0 Å². The van der Waals surface area contributed by atoms with E-state index in [1.165, 1.54) is 19.3 Å². The number of nitrogens with zero attached hydrogens (tertiary/aromatic N) is 3. The van der Waals surface area contributed by atoms with Gasteiger partial charge in [0.25, 0.3) is 0 Å². The van der Waals surface area contributed by atoms with Gasteiger partial charge in [0.1, 0.15) is 0 Å². The van der Waals surface area contributed by atoms with Gasteiger partial charge in [-0.3, -0.25) is 0 Å². The van der Waals surface area contributed by atoms with Crippen molar-refractivity contribution in [2.45, 2.75) is 174 Å². The van der Waals surface area contributed by atoms with Gasteiger partial charge in [0.15, 0.2) is 0 Å². The normalized spacial score (nSPS) is 29.4. The summed E-state index contributed by atoms with van der Waals surface area (Å²) < 4.78 is 0. The van der Waals surface area contributed by atoms with Crippen LogP contribution in [-0.2, 0) is 17.4 Å². The van der Waals surface area contributed by atoms with Gasteiger partial charge < -0.3 is 32.6 Å². The summed E-state index contributed by atoms with van der Waals surface area (Å²) in [4.78, 5) is 0. The van der Waals surface area contributed by atoms with Gasteiger partial charge in [-0.25, -0.2) is 0 Å². The predicted octanol–water partition coefficient (Wildman–Crippen LogP) is 8.99. The van der Waals surface area contributed by atoms with Crippen LogP contribution in [0.3, 0.4) is 0 Å². The molecule has 0 amide bonds.